The number of carbonyl (C=O) groups is 2. The van der Waals surface area contributed by atoms with E-state index in [1.54, 1.807) is 21.7 Å². The fourth-order valence-corrected chi connectivity index (χ4v) is 8.40. The highest BCUT2D eigenvalue weighted by molar-refractivity contribution is 7.63. The number of nitrogens with zero attached hydrogens (tertiary/aromatic N) is 4. The monoisotopic (exact) mass is 622 g/mol. The Bertz CT molecular complexity index is 1840. The van der Waals surface area contributed by atoms with E-state index < -0.39 is 31.0 Å². The van der Waals surface area contributed by atoms with E-state index in [1.165, 1.54) is 24.3 Å². The molecular formula is C32H29F4N5O2P+. The van der Waals surface area contributed by atoms with E-state index in [4.69, 9.17) is 5.10 Å². The van der Waals surface area contributed by atoms with Crippen LogP contribution in [0.25, 0.3) is 21.8 Å². The van der Waals surface area contributed by atoms with Crippen LogP contribution < -0.4 is 9.88 Å². The van der Waals surface area contributed by atoms with Crippen molar-refractivity contribution in [2.45, 2.75) is 39.0 Å². The van der Waals surface area contributed by atoms with Gasteiger partial charge >= 0.3 is 11.8 Å². The Labute approximate surface area is 251 Å². The molecule has 0 spiro atoms. The van der Waals surface area contributed by atoms with Crippen LogP contribution in [0.4, 0.5) is 17.6 Å². The van der Waals surface area contributed by atoms with Gasteiger partial charge in [-0.15, -0.1) is 0 Å². The third kappa shape index (κ3) is 5.48. The number of amides is 2. The highest BCUT2D eigenvalue weighted by Crippen LogP contribution is 2.51. The number of benzene rings is 3. The van der Waals surface area contributed by atoms with E-state index in [0.29, 0.717) is 36.1 Å². The molecule has 1 atom stereocenters. The van der Waals surface area contributed by atoms with Crippen LogP contribution in [0, 0.1) is 5.82 Å². The van der Waals surface area contributed by atoms with Crippen molar-refractivity contribution in [3.05, 3.63) is 107 Å². The summed E-state index contributed by atoms with van der Waals surface area (Å²) in [5.41, 5.74) is 1.44. The van der Waals surface area contributed by atoms with Crippen molar-refractivity contribution in [2.24, 2.45) is 0 Å². The molecule has 1 aliphatic rings. The van der Waals surface area contributed by atoms with Crippen molar-refractivity contribution in [3.8, 4) is 11.0 Å². The number of para-hydroxylation sites is 1. The summed E-state index contributed by atoms with van der Waals surface area (Å²) in [5, 5.41) is 9.14. The van der Waals surface area contributed by atoms with E-state index >= 15 is 0 Å². The first kappa shape index (κ1) is 29.6. The maximum atomic E-state index is 14.1. The van der Waals surface area contributed by atoms with Crippen LogP contribution >= 0.6 is 7.53 Å². The molecule has 1 unspecified atom stereocenters. The van der Waals surface area contributed by atoms with Crippen molar-refractivity contribution in [1.82, 2.24) is 20.0 Å². The number of nitrogens with one attached hydrogen (secondary N) is 1. The molecule has 0 aliphatic carbocycles. The van der Waals surface area contributed by atoms with Crippen LogP contribution in [0.5, 0.6) is 0 Å². The summed E-state index contributed by atoms with van der Waals surface area (Å²) in [6.45, 7) is 3.64. The van der Waals surface area contributed by atoms with Crippen molar-refractivity contribution < 1.29 is 31.7 Å². The molecule has 226 valence electrons. The van der Waals surface area contributed by atoms with E-state index in [-0.39, 0.29) is 18.0 Å². The average molecular weight is 623 g/mol. The molecule has 44 heavy (non-hydrogen) atoms. The molecule has 1 aliphatic heterocycles. The maximum Gasteiger partial charge on any atom is 0.416 e. The lowest BCUT2D eigenvalue weighted by Crippen LogP contribution is -2.39. The fourth-order valence-electron chi connectivity index (χ4n) is 5.66. The van der Waals surface area contributed by atoms with Gasteiger partial charge in [-0.1, -0.05) is 34.0 Å². The van der Waals surface area contributed by atoms with Crippen LogP contribution in [0.1, 0.15) is 51.6 Å². The maximum absolute atomic E-state index is 14.1. The van der Waals surface area contributed by atoms with Crippen LogP contribution in [-0.4, -0.2) is 39.6 Å². The van der Waals surface area contributed by atoms with Crippen LogP contribution in [-0.2, 0) is 19.3 Å². The molecular weight excluding hydrogens is 593 g/mol. The first-order chi connectivity index (χ1) is 21.2. The molecule has 1 saturated heterocycles. The normalized spacial score (nSPS) is 13.9. The quantitative estimate of drug-likeness (QED) is 0.164. The zero-order chi connectivity index (χ0) is 31.0. The van der Waals surface area contributed by atoms with Gasteiger partial charge < -0.3 is 10.2 Å². The van der Waals surface area contributed by atoms with Gasteiger partial charge in [0.1, 0.15) is 16.4 Å². The van der Waals surface area contributed by atoms with Gasteiger partial charge in [0.25, 0.3) is 11.8 Å². The van der Waals surface area contributed by atoms with Crippen molar-refractivity contribution >= 4 is 30.1 Å². The van der Waals surface area contributed by atoms with E-state index in [0.717, 1.165) is 41.4 Å². The fraction of sp³-hybridized carbons (Fsp3) is 0.250. The summed E-state index contributed by atoms with van der Waals surface area (Å²) in [5.74, 6) is -1.26. The Balaban J connectivity index is 1.54. The lowest BCUT2D eigenvalue weighted by atomic mass is 10.1. The number of halogens is 4. The number of hydrogen-bond acceptors (Lipinski definition) is 3. The second-order valence-electron chi connectivity index (χ2n) is 10.5. The summed E-state index contributed by atoms with van der Waals surface area (Å²) >= 11 is 0. The molecule has 6 rings (SSSR count). The van der Waals surface area contributed by atoms with Crippen molar-refractivity contribution in [1.29, 1.82) is 0 Å². The van der Waals surface area contributed by atoms with Gasteiger partial charge in [0, 0.05) is 24.0 Å². The molecule has 0 saturated carbocycles. The summed E-state index contributed by atoms with van der Waals surface area (Å²) < 4.78 is 57.8. The van der Waals surface area contributed by atoms with E-state index in [2.05, 4.69) is 5.32 Å². The van der Waals surface area contributed by atoms with Gasteiger partial charge in [-0.3, -0.25) is 9.59 Å². The van der Waals surface area contributed by atoms with Crippen molar-refractivity contribution in [3.63, 3.8) is 0 Å². The molecule has 3 heterocycles. The number of fused-ring (bicyclic) bond motifs is 1. The van der Waals surface area contributed by atoms with Gasteiger partial charge in [0.05, 0.1) is 18.7 Å². The summed E-state index contributed by atoms with van der Waals surface area (Å²) in [4.78, 5) is 28.9. The minimum atomic E-state index is -4.59. The minimum absolute atomic E-state index is 0.00713. The van der Waals surface area contributed by atoms with Gasteiger partial charge in [0.2, 0.25) is 0 Å². The zero-order valence-electron chi connectivity index (χ0n) is 23.8. The summed E-state index contributed by atoms with van der Waals surface area (Å²) in [6, 6.07) is 19.7. The minimum Gasteiger partial charge on any atom is -0.344 e. The number of carbonyl (C=O) groups excluding carboxylic acids is 2. The largest absolute Gasteiger partial charge is 0.416 e. The first-order valence-electron chi connectivity index (χ1n) is 14.3. The highest BCUT2D eigenvalue weighted by atomic mass is 31.1. The lowest BCUT2D eigenvalue weighted by Gasteiger charge is -2.13. The number of aryl methyl sites for hydroxylation is 1. The number of aromatic nitrogens is 3. The topological polar surface area (TPSA) is 71.1 Å². The third-order valence-corrected chi connectivity index (χ3v) is 10.3. The van der Waals surface area contributed by atoms with E-state index in [1.807, 2.05) is 41.8 Å². The molecule has 0 bridgehead atoms. The van der Waals surface area contributed by atoms with Crippen LogP contribution in [0.15, 0.2) is 78.9 Å². The Morgan fingerprint density at radius 3 is 2.34 bits per heavy atom. The Hall–Kier alpha value is -4.50. The molecule has 12 heteroatoms. The highest BCUT2D eigenvalue weighted by Gasteiger charge is 2.37. The van der Waals surface area contributed by atoms with Gasteiger partial charge in [0.15, 0.2) is 11.4 Å². The molecule has 1 N–H and O–H groups in total. The number of alkyl halides is 3. The number of rotatable bonds is 7. The van der Waals surface area contributed by atoms with Gasteiger partial charge in [-0.2, -0.15) is 13.2 Å². The van der Waals surface area contributed by atoms with Crippen molar-refractivity contribution in [2.75, 3.05) is 13.1 Å². The molecule has 5 aromatic rings. The van der Waals surface area contributed by atoms with Crippen LogP contribution in [0.2, 0.25) is 0 Å². The second kappa shape index (κ2) is 11.9. The standard InChI is InChI=1S/C32H28F4N5O2P/c1-2-40-26(20-37-29(42)21-9-8-10-22(19-21)32(34,35)36)44(25-15-13-23(33)14-16-25)28-27(31(43)39-17-6-7-18-39)38-41(30(28)40)24-11-4-3-5-12-24/h3-5,8-16,19H,2,6-7,17-18,20H2,1H3/p+1. The number of likely N-dealkylation sites (tertiary alicyclic amines) is 1. The summed E-state index contributed by atoms with van der Waals surface area (Å²) in [7, 11) is -1.49. The second-order valence-corrected chi connectivity index (χ2v) is 12.7. The number of hydrogen-bond donors (Lipinski definition) is 1. The predicted octanol–water partition coefficient (Wildman–Crippen LogP) is 6.63. The Morgan fingerprint density at radius 1 is 0.977 bits per heavy atom. The smallest absolute Gasteiger partial charge is 0.344 e. The zero-order valence-corrected chi connectivity index (χ0v) is 24.7. The first-order valence-corrected chi connectivity index (χ1v) is 15.6. The van der Waals surface area contributed by atoms with Gasteiger partial charge in [-0.25, -0.2) is 8.96 Å². The lowest BCUT2D eigenvalue weighted by molar-refractivity contribution is -0.673. The molecule has 0 radical (unpaired) electrons. The average Bonchev–Trinajstić information content (AvgIpc) is 3.76. The van der Waals surface area contributed by atoms with E-state index in [9.17, 15) is 27.2 Å². The van der Waals surface area contributed by atoms with Crippen LogP contribution in [0.3, 0.4) is 0 Å². The molecule has 2 amide bonds. The molecule has 7 nitrogen and oxygen atoms in total. The SMILES string of the molecule is CC[n+]1c(CNC(=O)c2cccc(C(F)(F)F)c2)p(-c2ccc(F)cc2)c2c(C(=O)N3CCCC3)nn(-c3ccccc3)c21. The molecule has 3 aromatic carbocycles. The molecule has 2 aromatic heterocycles. The third-order valence-electron chi connectivity index (χ3n) is 7.74. The summed E-state index contributed by atoms with van der Waals surface area (Å²) in [6.07, 6.45) is -2.78. The van der Waals surface area contributed by atoms with Gasteiger partial charge in [-0.05, 0) is 81.9 Å². The Morgan fingerprint density at radius 2 is 1.68 bits per heavy atom. The predicted molar refractivity (Wildman–Crippen MR) is 159 cm³/mol. The molecule has 1 fully saturated rings. The Kier molecular flexibility index (Phi) is 7.98.